The van der Waals surface area contributed by atoms with Crippen LogP contribution in [0.3, 0.4) is 0 Å². The second kappa shape index (κ2) is 7.16. The number of carbonyl (C=O) groups excluding carboxylic acids is 1. The molecule has 0 aliphatic carbocycles. The van der Waals surface area contributed by atoms with Gasteiger partial charge in [-0.2, -0.15) is 0 Å². The van der Waals surface area contributed by atoms with Crippen molar-refractivity contribution in [2.75, 3.05) is 6.61 Å². The number of aromatic nitrogens is 1. The van der Waals surface area contributed by atoms with Gasteiger partial charge in [0.25, 0.3) is 5.91 Å². The van der Waals surface area contributed by atoms with Crippen molar-refractivity contribution in [1.82, 2.24) is 10.3 Å². The van der Waals surface area contributed by atoms with Crippen molar-refractivity contribution in [3.8, 4) is 0 Å². The summed E-state index contributed by atoms with van der Waals surface area (Å²) in [6.07, 6.45) is 3.52. The SMILES string of the molecule is O=C(NCc1ccc(F)c(CO)c1)c1cnc(C2CCCO2)s1. The van der Waals surface area contributed by atoms with Crippen LogP contribution in [0, 0.1) is 5.82 Å². The first-order valence-electron chi connectivity index (χ1n) is 7.41. The minimum Gasteiger partial charge on any atom is -0.392 e. The Bertz CT molecular complexity index is 698. The monoisotopic (exact) mass is 336 g/mol. The van der Waals surface area contributed by atoms with Crippen molar-refractivity contribution in [3.63, 3.8) is 0 Å². The van der Waals surface area contributed by atoms with Crippen molar-refractivity contribution in [2.24, 2.45) is 0 Å². The van der Waals surface area contributed by atoms with E-state index < -0.39 is 5.82 Å². The van der Waals surface area contributed by atoms with Gasteiger partial charge in [-0.25, -0.2) is 9.37 Å². The van der Waals surface area contributed by atoms with Crippen molar-refractivity contribution < 1.29 is 19.0 Å². The van der Waals surface area contributed by atoms with Gasteiger partial charge in [0.15, 0.2) is 0 Å². The summed E-state index contributed by atoms with van der Waals surface area (Å²) in [4.78, 5) is 17.0. The highest BCUT2D eigenvalue weighted by atomic mass is 32.1. The third-order valence-electron chi connectivity index (χ3n) is 3.69. The van der Waals surface area contributed by atoms with Crippen LogP contribution < -0.4 is 5.32 Å². The fraction of sp³-hybridized carbons (Fsp3) is 0.375. The van der Waals surface area contributed by atoms with Crippen molar-refractivity contribution in [2.45, 2.75) is 32.1 Å². The first-order chi connectivity index (χ1) is 11.2. The van der Waals surface area contributed by atoms with Crippen molar-refractivity contribution in [1.29, 1.82) is 0 Å². The zero-order valence-corrected chi connectivity index (χ0v) is 13.2. The largest absolute Gasteiger partial charge is 0.392 e. The summed E-state index contributed by atoms with van der Waals surface area (Å²) in [5, 5.41) is 12.7. The predicted molar refractivity (Wildman–Crippen MR) is 83.5 cm³/mol. The normalized spacial score (nSPS) is 17.4. The standard InChI is InChI=1S/C16H17FN2O3S/c17-12-4-3-10(6-11(12)9-20)7-18-15(21)14-8-19-16(23-14)13-2-1-5-22-13/h3-4,6,8,13,20H,1-2,5,7,9H2,(H,18,21). The maximum atomic E-state index is 13.3. The van der Waals surface area contributed by atoms with Crippen LogP contribution in [-0.2, 0) is 17.9 Å². The Morgan fingerprint density at radius 3 is 3.13 bits per heavy atom. The number of nitrogens with zero attached hydrogens (tertiary/aromatic N) is 1. The van der Waals surface area contributed by atoms with E-state index in [2.05, 4.69) is 10.3 Å². The Morgan fingerprint density at radius 2 is 2.39 bits per heavy atom. The van der Waals surface area contributed by atoms with Crippen LogP contribution in [0.5, 0.6) is 0 Å². The number of halogens is 1. The summed E-state index contributed by atoms with van der Waals surface area (Å²) in [6, 6.07) is 4.41. The van der Waals surface area contributed by atoms with Crippen LogP contribution in [0.2, 0.25) is 0 Å². The predicted octanol–water partition coefficient (Wildman–Crippen LogP) is 2.56. The molecule has 2 heterocycles. The van der Waals surface area contributed by atoms with Gasteiger partial charge in [-0.05, 0) is 30.5 Å². The van der Waals surface area contributed by atoms with E-state index in [1.54, 1.807) is 18.3 Å². The average molecular weight is 336 g/mol. The van der Waals surface area contributed by atoms with E-state index in [9.17, 15) is 9.18 Å². The molecule has 1 amide bonds. The molecular weight excluding hydrogens is 319 g/mol. The third kappa shape index (κ3) is 3.74. The molecule has 23 heavy (non-hydrogen) atoms. The lowest BCUT2D eigenvalue weighted by Gasteiger charge is -2.06. The summed E-state index contributed by atoms with van der Waals surface area (Å²) in [6.45, 7) is 0.635. The Kier molecular flexibility index (Phi) is 5.00. The summed E-state index contributed by atoms with van der Waals surface area (Å²) in [7, 11) is 0. The number of nitrogens with one attached hydrogen (secondary N) is 1. The van der Waals surface area contributed by atoms with E-state index in [0.717, 1.165) is 30.0 Å². The Hall–Kier alpha value is -1.83. The van der Waals surface area contributed by atoms with Crippen LogP contribution in [0.25, 0.3) is 0 Å². The molecule has 2 aromatic rings. The maximum absolute atomic E-state index is 13.3. The number of aliphatic hydroxyl groups is 1. The number of benzene rings is 1. The van der Waals surface area contributed by atoms with E-state index in [0.29, 0.717) is 4.88 Å². The minimum atomic E-state index is -0.453. The molecule has 2 N–H and O–H groups in total. The van der Waals surface area contributed by atoms with Crippen LogP contribution in [0.15, 0.2) is 24.4 Å². The van der Waals surface area contributed by atoms with E-state index >= 15 is 0 Å². The first-order valence-corrected chi connectivity index (χ1v) is 8.22. The summed E-state index contributed by atoms with van der Waals surface area (Å²) in [5.74, 6) is -0.673. The Balaban J connectivity index is 1.61. The lowest BCUT2D eigenvalue weighted by atomic mass is 10.1. The zero-order chi connectivity index (χ0) is 16.2. The molecule has 1 aromatic heterocycles. The number of ether oxygens (including phenoxy) is 1. The number of hydrogen-bond donors (Lipinski definition) is 2. The molecule has 0 spiro atoms. The molecule has 1 aromatic carbocycles. The quantitative estimate of drug-likeness (QED) is 0.880. The van der Waals surface area contributed by atoms with Gasteiger partial charge < -0.3 is 15.2 Å². The molecule has 1 fully saturated rings. The van der Waals surface area contributed by atoms with Crippen LogP contribution in [-0.4, -0.2) is 22.6 Å². The topological polar surface area (TPSA) is 71.5 Å². The molecule has 0 saturated carbocycles. The van der Waals surface area contributed by atoms with Crippen LogP contribution in [0.4, 0.5) is 4.39 Å². The number of hydrogen-bond acceptors (Lipinski definition) is 5. The number of amides is 1. The highest BCUT2D eigenvalue weighted by Gasteiger charge is 2.22. The first kappa shape index (κ1) is 16.0. The second-order valence-electron chi connectivity index (χ2n) is 5.33. The van der Waals surface area contributed by atoms with Crippen molar-refractivity contribution >= 4 is 17.2 Å². The Morgan fingerprint density at radius 1 is 1.52 bits per heavy atom. The third-order valence-corrected chi connectivity index (χ3v) is 4.77. The van der Waals surface area contributed by atoms with Gasteiger partial charge in [-0.1, -0.05) is 6.07 Å². The zero-order valence-electron chi connectivity index (χ0n) is 12.4. The molecule has 1 atom stereocenters. The minimum absolute atomic E-state index is 0.00533. The van der Waals surface area contributed by atoms with E-state index in [1.165, 1.54) is 17.4 Å². The number of carbonyl (C=O) groups is 1. The molecular formula is C16H17FN2O3S. The molecule has 3 rings (SSSR count). The molecule has 1 unspecified atom stereocenters. The van der Waals surface area contributed by atoms with Gasteiger partial charge in [0.2, 0.25) is 0 Å². The van der Waals surface area contributed by atoms with Crippen LogP contribution >= 0.6 is 11.3 Å². The smallest absolute Gasteiger partial charge is 0.263 e. The van der Waals surface area contributed by atoms with Crippen LogP contribution in [0.1, 0.15) is 44.8 Å². The molecule has 122 valence electrons. The number of aliphatic hydroxyl groups excluding tert-OH is 1. The van der Waals surface area contributed by atoms with E-state index in [-0.39, 0.29) is 30.7 Å². The molecule has 1 saturated heterocycles. The van der Waals surface area contributed by atoms with Crippen molar-refractivity contribution in [3.05, 3.63) is 51.2 Å². The van der Waals surface area contributed by atoms with Gasteiger partial charge in [0.05, 0.1) is 12.8 Å². The summed E-state index contributed by atoms with van der Waals surface area (Å²) < 4.78 is 18.9. The highest BCUT2D eigenvalue weighted by molar-refractivity contribution is 7.13. The van der Waals surface area contributed by atoms with Gasteiger partial charge >= 0.3 is 0 Å². The molecule has 1 aliphatic rings. The maximum Gasteiger partial charge on any atom is 0.263 e. The molecule has 0 bridgehead atoms. The lowest BCUT2D eigenvalue weighted by Crippen LogP contribution is -2.21. The Labute approximate surface area is 137 Å². The van der Waals surface area contributed by atoms with E-state index in [1.807, 2.05) is 0 Å². The number of thiazole rings is 1. The molecule has 7 heteroatoms. The van der Waals surface area contributed by atoms with E-state index in [4.69, 9.17) is 9.84 Å². The summed E-state index contributed by atoms with van der Waals surface area (Å²) in [5.41, 5.74) is 0.947. The fourth-order valence-corrected chi connectivity index (χ4v) is 3.36. The van der Waals surface area contributed by atoms with Gasteiger partial charge in [-0.15, -0.1) is 11.3 Å². The fourth-order valence-electron chi connectivity index (χ4n) is 2.44. The van der Waals surface area contributed by atoms with Gasteiger partial charge in [-0.3, -0.25) is 4.79 Å². The lowest BCUT2D eigenvalue weighted by molar-refractivity contribution is 0.0954. The second-order valence-corrected chi connectivity index (χ2v) is 6.39. The van der Waals surface area contributed by atoms with Gasteiger partial charge in [0, 0.05) is 18.7 Å². The summed E-state index contributed by atoms with van der Waals surface area (Å²) >= 11 is 1.34. The average Bonchev–Trinajstić information content (AvgIpc) is 3.24. The molecule has 0 radical (unpaired) electrons. The highest BCUT2D eigenvalue weighted by Crippen LogP contribution is 2.31. The molecule has 5 nitrogen and oxygen atoms in total. The van der Waals surface area contributed by atoms with Gasteiger partial charge in [0.1, 0.15) is 21.8 Å². The molecule has 1 aliphatic heterocycles. The number of rotatable bonds is 5.